The monoisotopic (exact) mass is 287 g/mol. The van der Waals surface area contributed by atoms with Crippen molar-refractivity contribution in [3.05, 3.63) is 0 Å². The van der Waals surface area contributed by atoms with Gasteiger partial charge in [0.2, 0.25) is 0 Å². The fourth-order valence-electron chi connectivity index (χ4n) is 2.15. The number of ether oxygens (including phenoxy) is 2. The summed E-state index contributed by atoms with van der Waals surface area (Å²) in [7, 11) is 1.47. The topological polar surface area (TPSA) is 78.6 Å². The van der Waals surface area contributed by atoms with Gasteiger partial charge < -0.3 is 15.2 Å². The number of primary amides is 1. The highest BCUT2D eigenvalue weighted by molar-refractivity contribution is 5.69. The third kappa shape index (κ3) is 10.6. The highest BCUT2D eigenvalue weighted by Crippen LogP contribution is 2.30. The number of rotatable bonds is 2. The van der Waals surface area contributed by atoms with Crippen molar-refractivity contribution in [2.75, 3.05) is 7.11 Å². The number of amides is 1. The van der Waals surface area contributed by atoms with Gasteiger partial charge in [-0.05, 0) is 45.4 Å². The zero-order valence-corrected chi connectivity index (χ0v) is 13.4. The number of hydrogen-bond acceptors (Lipinski definition) is 4. The minimum atomic E-state index is -0.725. The molecule has 1 aliphatic rings. The number of methoxy groups -OCH3 is 1. The van der Waals surface area contributed by atoms with Crippen molar-refractivity contribution in [1.82, 2.24) is 0 Å². The molecule has 0 atom stereocenters. The molecule has 0 aromatic heterocycles. The second-order valence-electron chi connectivity index (χ2n) is 6.44. The van der Waals surface area contributed by atoms with Crippen LogP contribution in [0.2, 0.25) is 0 Å². The number of carbonyl (C=O) groups is 2. The first-order valence-electron chi connectivity index (χ1n) is 7.19. The van der Waals surface area contributed by atoms with Gasteiger partial charge in [-0.25, -0.2) is 4.79 Å². The van der Waals surface area contributed by atoms with Crippen molar-refractivity contribution in [1.29, 1.82) is 0 Å². The molecule has 1 amide bonds. The van der Waals surface area contributed by atoms with Gasteiger partial charge in [0.1, 0.15) is 5.60 Å². The van der Waals surface area contributed by atoms with Crippen molar-refractivity contribution in [2.45, 2.75) is 65.4 Å². The van der Waals surface area contributed by atoms with E-state index in [1.165, 1.54) is 32.8 Å². The minimum Gasteiger partial charge on any atom is -0.469 e. The molecule has 0 heterocycles. The van der Waals surface area contributed by atoms with Crippen LogP contribution in [0, 0.1) is 11.8 Å². The summed E-state index contributed by atoms with van der Waals surface area (Å²) in [5.74, 6) is 1.40. The van der Waals surface area contributed by atoms with Crippen LogP contribution >= 0.6 is 0 Å². The summed E-state index contributed by atoms with van der Waals surface area (Å²) in [6.07, 6.45) is 4.87. The van der Waals surface area contributed by atoms with Crippen molar-refractivity contribution < 1.29 is 19.1 Å². The van der Waals surface area contributed by atoms with Gasteiger partial charge in [0.15, 0.2) is 0 Å². The number of esters is 1. The molecule has 0 aliphatic heterocycles. The average molecular weight is 287 g/mol. The molecule has 0 unspecified atom stereocenters. The number of hydrogen-bond donors (Lipinski definition) is 1. The maximum atomic E-state index is 10.9. The van der Waals surface area contributed by atoms with E-state index in [9.17, 15) is 9.59 Å². The Bertz CT molecular complexity index is 301. The van der Waals surface area contributed by atoms with E-state index in [0.717, 1.165) is 5.92 Å². The van der Waals surface area contributed by atoms with Crippen molar-refractivity contribution in [2.24, 2.45) is 17.6 Å². The molecule has 5 heteroatoms. The molecule has 2 N–H and O–H groups in total. The summed E-state index contributed by atoms with van der Waals surface area (Å²) in [6, 6.07) is 0. The standard InChI is InChI=1S/C10H18O2.C5H11NO2/c1-8-3-5-9(6-4-8)7-10(11)12-2;1-5(2,3)8-4(6)7/h8-9H,3-7H2,1-2H3;1-3H3,(H2,6,7). The molecule has 20 heavy (non-hydrogen) atoms. The quantitative estimate of drug-likeness (QED) is 0.791. The van der Waals surface area contributed by atoms with Gasteiger partial charge in [-0.3, -0.25) is 4.79 Å². The molecule has 0 bridgehead atoms. The van der Waals surface area contributed by atoms with Crippen LogP contribution in [0.3, 0.4) is 0 Å². The molecule has 0 aromatic carbocycles. The van der Waals surface area contributed by atoms with Crippen LogP contribution in [0.15, 0.2) is 0 Å². The molecular weight excluding hydrogens is 258 g/mol. The molecule has 0 saturated heterocycles. The minimum absolute atomic E-state index is 0.0467. The molecular formula is C15H29NO4. The van der Waals surface area contributed by atoms with Crippen molar-refractivity contribution in [3.8, 4) is 0 Å². The van der Waals surface area contributed by atoms with Gasteiger partial charge in [0.05, 0.1) is 7.11 Å². The van der Waals surface area contributed by atoms with E-state index in [1.807, 2.05) is 0 Å². The van der Waals surface area contributed by atoms with Gasteiger partial charge in [0, 0.05) is 6.42 Å². The molecule has 1 aliphatic carbocycles. The SMILES string of the molecule is CC(C)(C)OC(N)=O.COC(=O)CC1CCC(C)CC1. The zero-order chi connectivity index (χ0) is 15.8. The molecule has 0 aromatic rings. The van der Waals surface area contributed by atoms with Gasteiger partial charge in [0.25, 0.3) is 0 Å². The van der Waals surface area contributed by atoms with Crippen LogP contribution in [0.4, 0.5) is 4.79 Å². The first-order valence-corrected chi connectivity index (χ1v) is 7.19. The Balaban J connectivity index is 0.000000396. The first-order chi connectivity index (χ1) is 9.14. The van der Waals surface area contributed by atoms with Crippen LogP contribution in [-0.2, 0) is 14.3 Å². The maximum Gasteiger partial charge on any atom is 0.405 e. The van der Waals surface area contributed by atoms with Gasteiger partial charge in [-0.2, -0.15) is 0 Å². The Hall–Kier alpha value is -1.26. The van der Waals surface area contributed by atoms with Gasteiger partial charge in [-0.1, -0.05) is 19.8 Å². The molecule has 1 fully saturated rings. The van der Waals surface area contributed by atoms with Crippen LogP contribution < -0.4 is 5.73 Å². The van der Waals surface area contributed by atoms with E-state index in [-0.39, 0.29) is 5.97 Å². The van der Waals surface area contributed by atoms with E-state index in [1.54, 1.807) is 20.8 Å². The zero-order valence-electron chi connectivity index (χ0n) is 13.4. The third-order valence-corrected chi connectivity index (χ3v) is 3.23. The maximum absolute atomic E-state index is 10.9. The van der Waals surface area contributed by atoms with Crippen LogP contribution in [0.1, 0.15) is 59.8 Å². The molecule has 118 valence electrons. The lowest BCUT2D eigenvalue weighted by Crippen LogP contribution is -2.27. The second-order valence-corrected chi connectivity index (χ2v) is 6.44. The fraction of sp³-hybridized carbons (Fsp3) is 0.867. The summed E-state index contributed by atoms with van der Waals surface area (Å²) in [6.45, 7) is 7.57. The molecule has 1 saturated carbocycles. The van der Waals surface area contributed by atoms with Gasteiger partial charge >= 0.3 is 12.1 Å². The first kappa shape index (κ1) is 18.7. The third-order valence-electron chi connectivity index (χ3n) is 3.23. The Morgan fingerprint density at radius 3 is 1.95 bits per heavy atom. The number of carbonyl (C=O) groups excluding carboxylic acids is 2. The average Bonchev–Trinajstić information content (AvgIpc) is 2.29. The summed E-state index contributed by atoms with van der Waals surface area (Å²) in [5, 5.41) is 0. The lowest BCUT2D eigenvalue weighted by Gasteiger charge is -2.24. The van der Waals surface area contributed by atoms with E-state index >= 15 is 0 Å². The van der Waals surface area contributed by atoms with E-state index < -0.39 is 11.7 Å². The number of nitrogens with two attached hydrogens (primary N) is 1. The van der Waals surface area contributed by atoms with E-state index in [0.29, 0.717) is 12.3 Å². The Kier molecular flexibility index (Phi) is 8.26. The largest absolute Gasteiger partial charge is 0.469 e. The summed E-state index contributed by atoms with van der Waals surface area (Å²) < 4.78 is 9.22. The van der Waals surface area contributed by atoms with Crippen LogP contribution in [-0.4, -0.2) is 24.8 Å². The summed E-state index contributed by atoms with van der Waals surface area (Å²) in [5.41, 5.74) is 4.26. The Labute approximate surface area is 122 Å². The highest BCUT2D eigenvalue weighted by atomic mass is 16.6. The molecule has 0 spiro atoms. The Morgan fingerprint density at radius 2 is 1.65 bits per heavy atom. The van der Waals surface area contributed by atoms with Gasteiger partial charge in [-0.15, -0.1) is 0 Å². The fourth-order valence-corrected chi connectivity index (χ4v) is 2.15. The Morgan fingerprint density at radius 1 is 1.15 bits per heavy atom. The second kappa shape index (κ2) is 8.82. The van der Waals surface area contributed by atoms with Crippen LogP contribution in [0.25, 0.3) is 0 Å². The smallest absolute Gasteiger partial charge is 0.405 e. The molecule has 1 rings (SSSR count). The summed E-state index contributed by atoms with van der Waals surface area (Å²) in [4.78, 5) is 21.0. The lowest BCUT2D eigenvalue weighted by atomic mass is 9.81. The lowest BCUT2D eigenvalue weighted by molar-refractivity contribution is -0.142. The van der Waals surface area contributed by atoms with E-state index in [2.05, 4.69) is 16.4 Å². The van der Waals surface area contributed by atoms with E-state index in [4.69, 9.17) is 5.73 Å². The predicted octanol–water partition coefficient (Wildman–Crippen LogP) is 3.26. The molecule has 0 radical (unpaired) electrons. The van der Waals surface area contributed by atoms with Crippen molar-refractivity contribution >= 4 is 12.1 Å². The van der Waals surface area contributed by atoms with Crippen molar-refractivity contribution in [3.63, 3.8) is 0 Å². The summed E-state index contributed by atoms with van der Waals surface area (Å²) >= 11 is 0. The highest BCUT2D eigenvalue weighted by Gasteiger charge is 2.20. The molecule has 5 nitrogen and oxygen atoms in total. The predicted molar refractivity (Wildman–Crippen MR) is 78.2 cm³/mol. The normalized spacial score (nSPS) is 22.2. The van der Waals surface area contributed by atoms with Crippen LogP contribution in [0.5, 0.6) is 0 Å².